The number of hydrogen-bond acceptors (Lipinski definition) is 4. The van der Waals surface area contributed by atoms with Gasteiger partial charge in [-0.25, -0.2) is 0 Å². The lowest BCUT2D eigenvalue weighted by Crippen LogP contribution is -2.42. The minimum atomic E-state index is 0.349. The first-order valence-corrected chi connectivity index (χ1v) is 23.3. The van der Waals surface area contributed by atoms with Crippen LogP contribution in [-0.4, -0.2) is 10.9 Å². The predicted octanol–water partition coefficient (Wildman–Crippen LogP) is 14.2. The zero-order valence-electron chi connectivity index (χ0n) is 32.3. The van der Waals surface area contributed by atoms with Crippen molar-refractivity contribution in [2.75, 3.05) is 4.90 Å². The predicted molar refractivity (Wildman–Crippen MR) is 239 cm³/mol. The quantitative estimate of drug-likeness (QED) is 0.193. The highest BCUT2D eigenvalue weighted by Crippen LogP contribution is 2.58. The van der Waals surface area contributed by atoms with E-state index < -0.39 is 0 Å². The Balaban J connectivity index is 1.00. The first-order chi connectivity index (χ1) is 27.8. The number of anilines is 1. The van der Waals surface area contributed by atoms with E-state index in [0.29, 0.717) is 29.8 Å². The van der Waals surface area contributed by atoms with E-state index in [4.69, 9.17) is 0 Å². The van der Waals surface area contributed by atoms with Crippen molar-refractivity contribution in [3.8, 4) is 0 Å². The van der Waals surface area contributed by atoms with E-state index in [0.717, 1.165) is 25.7 Å². The van der Waals surface area contributed by atoms with E-state index in [1.807, 2.05) is 16.9 Å². The highest BCUT2D eigenvalue weighted by Gasteiger charge is 2.46. The van der Waals surface area contributed by atoms with Gasteiger partial charge in [0, 0.05) is 42.8 Å². The molecule has 4 heteroatoms. The van der Waals surface area contributed by atoms with E-state index in [1.165, 1.54) is 101 Å². The fourth-order valence-corrected chi connectivity index (χ4v) is 14.7. The van der Waals surface area contributed by atoms with Crippen LogP contribution in [0.25, 0.3) is 26.2 Å². The summed E-state index contributed by atoms with van der Waals surface area (Å²) in [4.78, 5) is 8.87. The van der Waals surface area contributed by atoms with Crippen LogP contribution in [0.5, 0.6) is 0 Å². The second-order valence-corrected chi connectivity index (χ2v) is 19.5. The highest BCUT2D eigenvalue weighted by atomic mass is 32.1. The number of nitrogens with zero attached hydrogens (tertiary/aromatic N) is 2. The Morgan fingerprint density at radius 3 is 2.61 bits per heavy atom. The summed E-state index contributed by atoms with van der Waals surface area (Å²) in [5.74, 6) is 1.76. The molecule has 0 bridgehead atoms. The van der Waals surface area contributed by atoms with Crippen LogP contribution < -0.4 is 4.90 Å². The Kier molecular flexibility index (Phi) is 8.21. The van der Waals surface area contributed by atoms with Crippen molar-refractivity contribution in [3.63, 3.8) is 0 Å². The van der Waals surface area contributed by atoms with Crippen molar-refractivity contribution in [2.45, 2.75) is 95.6 Å². The SMILES string of the molecule is C1=CCCC(N(C2=C3CCC4CC=C(N(C5C=CC=CC5)C5CC=Cc6c5sc5ccccc65)C5=C4C3C(C=C2)CC5)c2cccc3c4c(sc23)CCCC4)=C1. The van der Waals surface area contributed by atoms with Gasteiger partial charge in [0.1, 0.15) is 0 Å². The van der Waals surface area contributed by atoms with Gasteiger partial charge in [-0.05, 0) is 147 Å². The van der Waals surface area contributed by atoms with Crippen LogP contribution in [-0.2, 0) is 12.8 Å². The lowest BCUT2D eigenvalue weighted by Gasteiger charge is -2.51. The van der Waals surface area contributed by atoms with Crippen LogP contribution in [0.1, 0.15) is 97.6 Å². The number of allylic oxidation sites excluding steroid dienone is 12. The molecule has 4 aromatic rings. The van der Waals surface area contributed by atoms with Gasteiger partial charge in [-0.1, -0.05) is 96.7 Å². The second kappa shape index (κ2) is 13.6. The molecule has 5 unspecified atom stereocenters. The molecule has 5 atom stereocenters. The maximum Gasteiger partial charge on any atom is 0.0682 e. The summed E-state index contributed by atoms with van der Waals surface area (Å²) in [5, 5.41) is 2.93. The van der Waals surface area contributed by atoms with E-state index in [9.17, 15) is 0 Å². The molecule has 56 heavy (non-hydrogen) atoms. The van der Waals surface area contributed by atoms with E-state index >= 15 is 0 Å². The van der Waals surface area contributed by atoms with Gasteiger partial charge in [0.05, 0.1) is 22.5 Å². The maximum atomic E-state index is 2.92. The molecular weight excluding hydrogens is 717 g/mol. The first-order valence-electron chi connectivity index (χ1n) is 21.6. The van der Waals surface area contributed by atoms with Crippen molar-refractivity contribution in [1.29, 1.82) is 0 Å². The Bertz CT molecular complexity index is 2570. The molecule has 0 amide bonds. The van der Waals surface area contributed by atoms with Crippen molar-refractivity contribution < 1.29 is 0 Å². The summed E-state index contributed by atoms with van der Waals surface area (Å²) in [6.07, 6.45) is 44.9. The number of hydrogen-bond donors (Lipinski definition) is 0. The third-order valence-electron chi connectivity index (χ3n) is 14.4. The molecule has 8 aliphatic rings. The van der Waals surface area contributed by atoms with E-state index in [2.05, 4.69) is 137 Å². The molecule has 12 rings (SSSR count). The van der Waals surface area contributed by atoms with Crippen molar-refractivity contribution in [3.05, 3.63) is 164 Å². The molecule has 0 aliphatic heterocycles. The van der Waals surface area contributed by atoms with Gasteiger partial charge in [-0.15, -0.1) is 22.7 Å². The Morgan fingerprint density at radius 2 is 1.68 bits per heavy atom. The summed E-state index contributed by atoms with van der Waals surface area (Å²) >= 11 is 4.14. The number of thiophene rings is 2. The molecule has 1 saturated carbocycles. The molecule has 2 heterocycles. The molecule has 2 nitrogen and oxygen atoms in total. The van der Waals surface area contributed by atoms with Gasteiger partial charge in [0.2, 0.25) is 0 Å². The minimum absolute atomic E-state index is 0.349. The van der Waals surface area contributed by atoms with Crippen molar-refractivity contribution >= 4 is 54.6 Å². The van der Waals surface area contributed by atoms with Gasteiger partial charge in [0.15, 0.2) is 0 Å². The third-order valence-corrected chi connectivity index (χ3v) is 17.0. The molecule has 2 aromatic carbocycles. The molecule has 2 aromatic heterocycles. The summed E-state index contributed by atoms with van der Waals surface area (Å²) in [7, 11) is 0. The van der Waals surface area contributed by atoms with E-state index in [-0.39, 0.29) is 0 Å². The van der Waals surface area contributed by atoms with Crippen molar-refractivity contribution in [2.24, 2.45) is 17.8 Å². The Morgan fingerprint density at radius 1 is 0.732 bits per heavy atom. The topological polar surface area (TPSA) is 6.48 Å². The highest BCUT2D eigenvalue weighted by molar-refractivity contribution is 7.20. The fraction of sp³-hybridized carbons (Fsp3) is 0.346. The molecule has 8 aliphatic carbocycles. The van der Waals surface area contributed by atoms with Crippen LogP contribution in [0.3, 0.4) is 0 Å². The summed E-state index contributed by atoms with van der Waals surface area (Å²) in [6.45, 7) is 0. The Hall–Kier alpha value is -4.38. The monoisotopic (exact) mass is 766 g/mol. The van der Waals surface area contributed by atoms with Gasteiger partial charge < -0.3 is 9.80 Å². The number of fused-ring (bicyclic) bond motifs is 6. The van der Waals surface area contributed by atoms with Gasteiger partial charge >= 0.3 is 0 Å². The average Bonchev–Trinajstić information content (AvgIpc) is 3.84. The average molecular weight is 767 g/mol. The zero-order chi connectivity index (χ0) is 36.7. The molecule has 1 fully saturated rings. The lowest BCUT2D eigenvalue weighted by atomic mass is 9.58. The largest absolute Gasteiger partial charge is 0.357 e. The Labute approximate surface area is 340 Å². The number of benzene rings is 2. The van der Waals surface area contributed by atoms with Gasteiger partial charge in [-0.2, -0.15) is 0 Å². The molecule has 0 radical (unpaired) electrons. The van der Waals surface area contributed by atoms with Crippen LogP contribution >= 0.6 is 22.7 Å². The normalized spacial score (nSPS) is 27.3. The molecule has 0 spiro atoms. The molecule has 0 N–H and O–H groups in total. The number of rotatable bonds is 6. The zero-order valence-corrected chi connectivity index (χ0v) is 33.9. The van der Waals surface area contributed by atoms with Crippen LogP contribution in [0, 0.1) is 17.8 Å². The molecule has 280 valence electrons. The minimum Gasteiger partial charge on any atom is -0.357 e. The maximum absolute atomic E-state index is 2.92. The van der Waals surface area contributed by atoms with Crippen molar-refractivity contribution in [1.82, 2.24) is 4.90 Å². The number of aryl methyl sites for hydroxylation is 2. The molecular formula is C52H50N2S2. The summed E-state index contributed by atoms with van der Waals surface area (Å²) in [6, 6.07) is 17.0. The van der Waals surface area contributed by atoms with Gasteiger partial charge in [0.25, 0.3) is 0 Å². The smallest absolute Gasteiger partial charge is 0.0682 e. The second-order valence-electron chi connectivity index (χ2n) is 17.3. The summed E-state index contributed by atoms with van der Waals surface area (Å²) < 4.78 is 2.93. The molecule has 0 saturated heterocycles. The van der Waals surface area contributed by atoms with Crippen LogP contribution in [0.2, 0.25) is 0 Å². The fourth-order valence-electron chi connectivity index (χ4n) is 12.0. The summed E-state index contributed by atoms with van der Waals surface area (Å²) in [5.41, 5.74) is 14.2. The lowest BCUT2D eigenvalue weighted by molar-refractivity contribution is 0.208. The van der Waals surface area contributed by atoms with E-state index in [1.54, 1.807) is 32.2 Å². The van der Waals surface area contributed by atoms with Crippen LogP contribution in [0.4, 0.5) is 5.69 Å². The first kappa shape index (κ1) is 33.7. The standard InChI is InChI=1S/C52H50N2S2/c1-3-13-35(14-4-1)53(45-21-11-19-39-37-17-7-9-23-47(37)55-51(39)45)43-31-27-33-26-30-42-44(32-28-34-25-29-41(43)49(33)50(34)42)54(36-15-5-2-6-16-36)46-22-12-20-40-38-18-8-10-24-48(38)56-52(40)46/h1-5,7,9,11-13,15,17,19-20,22-23,28,31-35,45,50H,6,8,10,14,16,18,21,24-27,29-30H2. The van der Waals surface area contributed by atoms with Crippen LogP contribution in [0.15, 0.2) is 143 Å². The third kappa shape index (κ3) is 5.24. The van der Waals surface area contributed by atoms with Gasteiger partial charge in [-0.3, -0.25) is 0 Å².